The van der Waals surface area contributed by atoms with E-state index in [0.717, 1.165) is 44.8 Å². The van der Waals surface area contributed by atoms with Gasteiger partial charge in [-0.05, 0) is 45.9 Å². The minimum Gasteiger partial charge on any atom is -0.444 e. The molecule has 0 bridgehead atoms. The Morgan fingerprint density at radius 3 is 2.42 bits per heavy atom. The van der Waals surface area contributed by atoms with E-state index in [9.17, 15) is 9.59 Å². The molecule has 2 rings (SSSR count). The van der Waals surface area contributed by atoms with E-state index >= 15 is 0 Å². The van der Waals surface area contributed by atoms with Gasteiger partial charge in [0, 0.05) is 38.4 Å². The van der Waals surface area contributed by atoms with Crippen LogP contribution < -0.4 is 16.0 Å². The molecule has 0 aliphatic carbocycles. The van der Waals surface area contributed by atoms with Crippen molar-refractivity contribution in [1.82, 2.24) is 10.2 Å². The van der Waals surface area contributed by atoms with Crippen molar-refractivity contribution >= 4 is 17.7 Å². The molecule has 26 heavy (non-hydrogen) atoms. The first kappa shape index (κ1) is 20.0. The number of primary amides is 1. The number of anilines is 1. The van der Waals surface area contributed by atoms with E-state index in [1.807, 2.05) is 39.0 Å². The minimum absolute atomic E-state index is 0.370. The molecule has 1 heterocycles. The first-order valence-corrected chi connectivity index (χ1v) is 9.09. The van der Waals surface area contributed by atoms with Crippen LogP contribution in [-0.4, -0.2) is 61.8 Å². The van der Waals surface area contributed by atoms with Gasteiger partial charge in [0.25, 0.3) is 5.91 Å². The van der Waals surface area contributed by atoms with E-state index in [0.29, 0.717) is 12.1 Å². The molecule has 3 N–H and O–H groups in total. The predicted octanol–water partition coefficient (Wildman–Crippen LogP) is 1.82. The molecule has 144 valence electrons. The summed E-state index contributed by atoms with van der Waals surface area (Å²) < 4.78 is 5.22. The van der Waals surface area contributed by atoms with E-state index in [1.165, 1.54) is 0 Å². The first-order chi connectivity index (χ1) is 12.3. The topological polar surface area (TPSA) is 87.9 Å². The van der Waals surface area contributed by atoms with Gasteiger partial charge in [0.1, 0.15) is 5.60 Å². The number of nitrogens with two attached hydrogens (primary N) is 1. The molecule has 1 aliphatic heterocycles. The minimum atomic E-state index is -0.471. The maximum atomic E-state index is 11.6. The number of nitrogens with one attached hydrogen (secondary N) is 1. The summed E-state index contributed by atoms with van der Waals surface area (Å²) in [6.07, 6.45) is 0.502. The average Bonchev–Trinajstić information content (AvgIpc) is 2.58. The van der Waals surface area contributed by atoms with Gasteiger partial charge in [0.05, 0.1) is 5.56 Å². The maximum Gasteiger partial charge on any atom is 0.407 e. The monoisotopic (exact) mass is 362 g/mol. The lowest BCUT2D eigenvalue weighted by molar-refractivity contribution is 0.0525. The Morgan fingerprint density at radius 2 is 1.81 bits per heavy atom. The number of piperazine rings is 1. The van der Waals surface area contributed by atoms with Gasteiger partial charge in [-0.3, -0.25) is 9.69 Å². The largest absolute Gasteiger partial charge is 0.444 e. The van der Waals surface area contributed by atoms with Crippen molar-refractivity contribution in [1.29, 1.82) is 0 Å². The number of hydrogen-bond acceptors (Lipinski definition) is 5. The molecule has 1 fully saturated rings. The number of amides is 2. The van der Waals surface area contributed by atoms with Crippen molar-refractivity contribution in [3.63, 3.8) is 0 Å². The Hall–Kier alpha value is -2.28. The number of benzene rings is 1. The number of hydrogen-bond donors (Lipinski definition) is 2. The second-order valence-electron chi connectivity index (χ2n) is 7.49. The smallest absolute Gasteiger partial charge is 0.407 e. The summed E-state index contributed by atoms with van der Waals surface area (Å²) in [5.74, 6) is -0.392. The molecule has 0 spiro atoms. The predicted molar refractivity (Wildman–Crippen MR) is 102 cm³/mol. The SMILES string of the molecule is CC(C)(C)OC(=O)NCCCN1CCN(c2ccccc2C(N)=O)CC1. The molecule has 1 aromatic rings. The molecule has 0 atom stereocenters. The van der Waals surface area contributed by atoms with E-state index in [4.69, 9.17) is 10.5 Å². The molecular weight excluding hydrogens is 332 g/mol. The van der Waals surface area contributed by atoms with Crippen molar-refractivity contribution in [2.75, 3.05) is 44.2 Å². The van der Waals surface area contributed by atoms with Gasteiger partial charge in [-0.1, -0.05) is 12.1 Å². The number of ether oxygens (including phenoxy) is 1. The zero-order valence-electron chi connectivity index (χ0n) is 16.0. The number of carbonyl (C=O) groups excluding carboxylic acids is 2. The first-order valence-electron chi connectivity index (χ1n) is 9.09. The van der Waals surface area contributed by atoms with Gasteiger partial charge < -0.3 is 20.7 Å². The fourth-order valence-electron chi connectivity index (χ4n) is 2.98. The highest BCUT2D eigenvalue weighted by Gasteiger charge is 2.20. The van der Waals surface area contributed by atoms with Crippen LogP contribution in [0.15, 0.2) is 24.3 Å². The van der Waals surface area contributed by atoms with Crippen LogP contribution >= 0.6 is 0 Å². The maximum absolute atomic E-state index is 11.6. The number of alkyl carbamates (subject to hydrolysis) is 1. The fourth-order valence-corrected chi connectivity index (χ4v) is 2.98. The molecule has 0 aromatic heterocycles. The van der Waals surface area contributed by atoms with Crippen LogP contribution in [0, 0.1) is 0 Å². The third-order valence-electron chi connectivity index (χ3n) is 4.20. The molecule has 0 unspecified atom stereocenters. The van der Waals surface area contributed by atoms with Crippen molar-refractivity contribution < 1.29 is 14.3 Å². The summed E-state index contributed by atoms with van der Waals surface area (Å²) in [7, 11) is 0. The highest BCUT2D eigenvalue weighted by Crippen LogP contribution is 2.21. The Labute approximate surface area is 155 Å². The molecule has 1 aliphatic rings. The quantitative estimate of drug-likeness (QED) is 0.754. The summed E-state index contributed by atoms with van der Waals surface area (Å²) in [5.41, 5.74) is 6.48. The van der Waals surface area contributed by atoms with Crippen LogP contribution in [0.4, 0.5) is 10.5 Å². The van der Waals surface area contributed by atoms with E-state index in [2.05, 4.69) is 15.1 Å². The van der Waals surface area contributed by atoms with Crippen LogP contribution in [0.2, 0.25) is 0 Å². The third kappa shape index (κ3) is 6.22. The molecule has 1 aromatic carbocycles. The van der Waals surface area contributed by atoms with Crippen molar-refractivity contribution in [2.45, 2.75) is 32.8 Å². The molecule has 0 radical (unpaired) electrons. The molecule has 2 amide bonds. The van der Waals surface area contributed by atoms with E-state index < -0.39 is 11.5 Å². The van der Waals surface area contributed by atoms with Gasteiger partial charge in [-0.15, -0.1) is 0 Å². The number of para-hydroxylation sites is 1. The van der Waals surface area contributed by atoms with Crippen LogP contribution in [0.25, 0.3) is 0 Å². The Morgan fingerprint density at radius 1 is 1.15 bits per heavy atom. The molecular formula is C19H30N4O3. The van der Waals surface area contributed by atoms with Crippen molar-refractivity contribution in [3.8, 4) is 0 Å². The van der Waals surface area contributed by atoms with Crippen LogP contribution in [0.1, 0.15) is 37.6 Å². The fraction of sp³-hybridized carbons (Fsp3) is 0.579. The molecule has 7 heteroatoms. The summed E-state index contributed by atoms with van der Waals surface area (Å²) in [5, 5.41) is 2.78. The second kappa shape index (κ2) is 8.89. The van der Waals surface area contributed by atoms with Gasteiger partial charge in [0.2, 0.25) is 0 Å². The summed E-state index contributed by atoms with van der Waals surface area (Å²) in [4.78, 5) is 27.8. The van der Waals surface area contributed by atoms with Gasteiger partial charge >= 0.3 is 6.09 Å². The summed E-state index contributed by atoms with van der Waals surface area (Å²) >= 11 is 0. The van der Waals surface area contributed by atoms with Gasteiger partial charge in [0.15, 0.2) is 0 Å². The number of rotatable bonds is 6. The highest BCUT2D eigenvalue weighted by molar-refractivity contribution is 5.98. The van der Waals surface area contributed by atoms with Gasteiger partial charge in [-0.25, -0.2) is 4.79 Å². The van der Waals surface area contributed by atoms with Crippen LogP contribution in [0.3, 0.4) is 0 Å². The lowest BCUT2D eigenvalue weighted by atomic mass is 10.1. The molecule has 1 saturated heterocycles. The number of carbonyl (C=O) groups is 2. The standard InChI is InChI=1S/C19H30N4O3/c1-19(2,3)26-18(25)21-9-6-10-22-11-13-23(14-12-22)16-8-5-4-7-15(16)17(20)24/h4-5,7-8H,6,9-14H2,1-3H3,(H2,20,24)(H,21,25). The Balaban J connectivity index is 1.71. The average molecular weight is 362 g/mol. The molecule has 0 saturated carbocycles. The Bertz CT molecular complexity index is 619. The number of nitrogens with zero attached hydrogens (tertiary/aromatic N) is 2. The Kier molecular flexibility index (Phi) is 6.85. The van der Waals surface area contributed by atoms with E-state index in [-0.39, 0.29) is 6.09 Å². The van der Waals surface area contributed by atoms with Crippen LogP contribution in [-0.2, 0) is 4.74 Å². The zero-order chi connectivity index (χ0) is 19.2. The second-order valence-corrected chi connectivity index (χ2v) is 7.49. The lowest BCUT2D eigenvalue weighted by Gasteiger charge is -2.36. The highest BCUT2D eigenvalue weighted by atomic mass is 16.6. The third-order valence-corrected chi connectivity index (χ3v) is 4.20. The van der Waals surface area contributed by atoms with Gasteiger partial charge in [-0.2, -0.15) is 0 Å². The molecule has 7 nitrogen and oxygen atoms in total. The van der Waals surface area contributed by atoms with Crippen molar-refractivity contribution in [2.24, 2.45) is 5.73 Å². The van der Waals surface area contributed by atoms with Crippen LogP contribution in [0.5, 0.6) is 0 Å². The van der Waals surface area contributed by atoms with E-state index in [1.54, 1.807) is 6.07 Å². The zero-order valence-corrected chi connectivity index (χ0v) is 16.0. The summed E-state index contributed by atoms with van der Waals surface area (Å²) in [6, 6.07) is 7.47. The lowest BCUT2D eigenvalue weighted by Crippen LogP contribution is -2.47. The normalized spacial score (nSPS) is 15.6. The van der Waals surface area contributed by atoms with Crippen molar-refractivity contribution in [3.05, 3.63) is 29.8 Å². The summed E-state index contributed by atoms with van der Waals surface area (Å²) in [6.45, 7) is 10.6.